The highest BCUT2D eigenvalue weighted by Gasteiger charge is 2.30. The van der Waals surface area contributed by atoms with E-state index in [0.717, 1.165) is 29.2 Å². The van der Waals surface area contributed by atoms with E-state index in [0.29, 0.717) is 23.8 Å². The van der Waals surface area contributed by atoms with Crippen LogP contribution in [0.4, 0.5) is 5.00 Å². The number of nitrogens with zero attached hydrogens (tertiary/aromatic N) is 1. The zero-order valence-electron chi connectivity index (χ0n) is 17.2. The van der Waals surface area contributed by atoms with Gasteiger partial charge in [-0.1, -0.05) is 41.9 Å². The lowest BCUT2D eigenvalue weighted by Crippen LogP contribution is -2.40. The van der Waals surface area contributed by atoms with Crippen LogP contribution < -0.4 is 5.32 Å². The summed E-state index contributed by atoms with van der Waals surface area (Å²) in [6.07, 6.45) is 0. The highest BCUT2D eigenvalue weighted by molar-refractivity contribution is 7.16. The van der Waals surface area contributed by atoms with Gasteiger partial charge in [0.1, 0.15) is 5.00 Å². The van der Waals surface area contributed by atoms with Crippen LogP contribution in [0.25, 0.3) is 0 Å². The standard InChI is InChI=1S/C24H25ClN2O2S/c1-16-17(2)30-24(26-23(28)18-7-4-3-5-8-18)21(16)22(27-11-13-29-14-12-27)19-9-6-10-20(25)15-19/h3-10,15,22H,11-14H2,1-2H3,(H,26,28)/t22-/m0/s1. The molecule has 4 rings (SSSR count). The van der Waals surface area contributed by atoms with Crippen molar-refractivity contribution in [3.8, 4) is 0 Å². The first kappa shape index (κ1) is 21.1. The smallest absolute Gasteiger partial charge is 0.256 e. The van der Waals surface area contributed by atoms with Gasteiger partial charge in [-0.25, -0.2) is 0 Å². The van der Waals surface area contributed by atoms with Gasteiger partial charge in [-0.05, 0) is 49.2 Å². The van der Waals surface area contributed by atoms with Crippen LogP contribution >= 0.6 is 22.9 Å². The molecule has 1 amide bonds. The van der Waals surface area contributed by atoms with E-state index in [2.05, 4.69) is 30.1 Å². The predicted molar refractivity (Wildman–Crippen MR) is 124 cm³/mol. The van der Waals surface area contributed by atoms with Crippen molar-refractivity contribution in [3.05, 3.63) is 86.8 Å². The summed E-state index contributed by atoms with van der Waals surface area (Å²) in [5.41, 5.74) is 4.13. The van der Waals surface area contributed by atoms with Gasteiger partial charge in [0.15, 0.2) is 0 Å². The van der Waals surface area contributed by atoms with E-state index in [9.17, 15) is 4.79 Å². The molecule has 30 heavy (non-hydrogen) atoms. The zero-order valence-corrected chi connectivity index (χ0v) is 18.7. The maximum atomic E-state index is 12.9. The second-order valence-corrected chi connectivity index (χ2v) is 9.11. The number of benzene rings is 2. The molecule has 0 saturated carbocycles. The van der Waals surface area contributed by atoms with Crippen LogP contribution in [0.5, 0.6) is 0 Å². The summed E-state index contributed by atoms with van der Waals surface area (Å²) in [6.45, 7) is 7.30. The van der Waals surface area contributed by atoms with Crippen LogP contribution in [0.1, 0.15) is 38.0 Å². The van der Waals surface area contributed by atoms with Gasteiger partial charge in [0.25, 0.3) is 5.91 Å². The summed E-state index contributed by atoms with van der Waals surface area (Å²) in [4.78, 5) is 16.5. The Bertz CT molecular complexity index is 1030. The molecule has 1 aromatic heterocycles. The van der Waals surface area contributed by atoms with Crippen molar-refractivity contribution >= 4 is 33.8 Å². The first-order valence-electron chi connectivity index (χ1n) is 10.1. The molecule has 0 spiro atoms. The number of rotatable bonds is 5. The molecule has 1 fully saturated rings. The minimum Gasteiger partial charge on any atom is -0.379 e. The number of nitrogens with one attached hydrogen (secondary N) is 1. The lowest BCUT2D eigenvalue weighted by molar-refractivity contribution is 0.0240. The summed E-state index contributed by atoms with van der Waals surface area (Å²) in [5.74, 6) is -0.0927. The van der Waals surface area contributed by atoms with Gasteiger partial charge in [0, 0.05) is 34.1 Å². The Morgan fingerprint density at radius 1 is 1.10 bits per heavy atom. The molecule has 1 saturated heterocycles. The number of hydrogen-bond acceptors (Lipinski definition) is 4. The van der Waals surface area contributed by atoms with Crippen molar-refractivity contribution in [2.24, 2.45) is 0 Å². The quantitative estimate of drug-likeness (QED) is 0.553. The number of aryl methyl sites for hydroxylation is 1. The van der Waals surface area contributed by atoms with Crippen LogP contribution in [0, 0.1) is 13.8 Å². The Labute approximate surface area is 186 Å². The third-order valence-electron chi connectivity index (χ3n) is 5.54. The van der Waals surface area contributed by atoms with Crippen molar-refractivity contribution in [2.75, 3.05) is 31.6 Å². The summed E-state index contributed by atoms with van der Waals surface area (Å²) in [5, 5.41) is 4.79. The van der Waals surface area contributed by atoms with Crippen LogP contribution in [0.2, 0.25) is 5.02 Å². The highest BCUT2D eigenvalue weighted by atomic mass is 35.5. The number of carbonyl (C=O) groups excluding carboxylic acids is 1. The van der Waals surface area contributed by atoms with Crippen molar-refractivity contribution in [1.29, 1.82) is 0 Å². The average molecular weight is 441 g/mol. The summed E-state index contributed by atoms with van der Waals surface area (Å²) in [6, 6.07) is 17.4. The number of anilines is 1. The Morgan fingerprint density at radius 2 is 1.83 bits per heavy atom. The van der Waals surface area contributed by atoms with Crippen molar-refractivity contribution in [2.45, 2.75) is 19.9 Å². The molecule has 156 valence electrons. The monoisotopic (exact) mass is 440 g/mol. The van der Waals surface area contributed by atoms with Crippen molar-refractivity contribution in [3.63, 3.8) is 0 Å². The fourth-order valence-electron chi connectivity index (χ4n) is 3.90. The number of morpholine rings is 1. The van der Waals surface area contributed by atoms with Crippen LogP contribution in [0.3, 0.4) is 0 Å². The molecule has 0 bridgehead atoms. The van der Waals surface area contributed by atoms with Gasteiger partial charge < -0.3 is 10.1 Å². The van der Waals surface area contributed by atoms with Gasteiger partial charge in [-0.3, -0.25) is 9.69 Å². The third-order valence-corrected chi connectivity index (χ3v) is 6.92. The summed E-state index contributed by atoms with van der Waals surface area (Å²) < 4.78 is 5.60. The Kier molecular flexibility index (Phi) is 6.54. The normalized spacial score (nSPS) is 15.7. The topological polar surface area (TPSA) is 41.6 Å². The van der Waals surface area contributed by atoms with E-state index in [1.54, 1.807) is 11.3 Å². The molecule has 3 aromatic rings. The van der Waals surface area contributed by atoms with Crippen LogP contribution in [0.15, 0.2) is 54.6 Å². The molecule has 0 aliphatic carbocycles. The van der Waals surface area contributed by atoms with Gasteiger partial charge in [-0.2, -0.15) is 0 Å². The number of carbonyl (C=O) groups is 1. The molecule has 4 nitrogen and oxygen atoms in total. The fourth-order valence-corrected chi connectivity index (χ4v) is 5.19. The average Bonchev–Trinajstić information content (AvgIpc) is 3.03. The van der Waals surface area contributed by atoms with Gasteiger partial charge in [-0.15, -0.1) is 11.3 Å². The molecule has 0 unspecified atom stereocenters. The van der Waals surface area contributed by atoms with E-state index in [-0.39, 0.29) is 11.9 Å². The molecule has 2 heterocycles. The Balaban J connectivity index is 1.77. The summed E-state index contributed by atoms with van der Waals surface area (Å²) >= 11 is 7.99. The minimum absolute atomic E-state index is 0.00335. The third kappa shape index (κ3) is 4.44. The van der Waals surface area contributed by atoms with E-state index in [1.165, 1.54) is 10.4 Å². The molecular formula is C24H25ClN2O2S. The lowest BCUT2D eigenvalue weighted by atomic mass is 9.94. The van der Waals surface area contributed by atoms with E-state index in [1.807, 2.05) is 48.5 Å². The van der Waals surface area contributed by atoms with Crippen LogP contribution in [-0.2, 0) is 4.74 Å². The molecule has 1 aliphatic rings. The molecule has 1 aliphatic heterocycles. The molecule has 0 radical (unpaired) electrons. The van der Waals surface area contributed by atoms with E-state index in [4.69, 9.17) is 16.3 Å². The van der Waals surface area contributed by atoms with E-state index < -0.39 is 0 Å². The molecule has 1 atom stereocenters. The van der Waals surface area contributed by atoms with Crippen LogP contribution in [-0.4, -0.2) is 37.1 Å². The first-order chi connectivity index (χ1) is 14.5. The number of amides is 1. The van der Waals surface area contributed by atoms with E-state index >= 15 is 0 Å². The highest BCUT2D eigenvalue weighted by Crippen LogP contribution is 2.43. The first-order valence-corrected chi connectivity index (χ1v) is 11.3. The van der Waals surface area contributed by atoms with Gasteiger partial charge in [0.05, 0.1) is 19.3 Å². The van der Waals surface area contributed by atoms with Gasteiger partial charge >= 0.3 is 0 Å². The maximum Gasteiger partial charge on any atom is 0.256 e. The second kappa shape index (κ2) is 9.31. The number of ether oxygens (including phenoxy) is 1. The van der Waals surface area contributed by atoms with Gasteiger partial charge in [0.2, 0.25) is 0 Å². The molecular weight excluding hydrogens is 416 g/mol. The zero-order chi connectivity index (χ0) is 21.1. The molecule has 1 N–H and O–H groups in total. The maximum absolute atomic E-state index is 12.9. The minimum atomic E-state index is -0.0927. The predicted octanol–water partition coefficient (Wildman–Crippen LogP) is 5.69. The Morgan fingerprint density at radius 3 is 2.53 bits per heavy atom. The number of hydrogen-bond donors (Lipinski definition) is 1. The largest absolute Gasteiger partial charge is 0.379 e. The fraction of sp³-hybridized carbons (Fsp3) is 0.292. The molecule has 6 heteroatoms. The number of halogens is 1. The Hall–Kier alpha value is -2.18. The second-order valence-electron chi connectivity index (χ2n) is 7.45. The number of thiophene rings is 1. The molecule has 2 aromatic carbocycles. The summed E-state index contributed by atoms with van der Waals surface area (Å²) in [7, 11) is 0. The SMILES string of the molecule is Cc1sc(NC(=O)c2ccccc2)c([C@H](c2cccc(Cl)c2)N2CCOCC2)c1C. The lowest BCUT2D eigenvalue weighted by Gasteiger charge is -2.35. The van der Waals surface area contributed by atoms with Crippen molar-refractivity contribution in [1.82, 2.24) is 4.90 Å². The van der Waals surface area contributed by atoms with Crippen molar-refractivity contribution < 1.29 is 9.53 Å².